The number of para-hydroxylation sites is 1. The third-order valence-electron chi connectivity index (χ3n) is 2.04. The van der Waals surface area contributed by atoms with E-state index < -0.39 is 5.97 Å². The summed E-state index contributed by atoms with van der Waals surface area (Å²) in [6.45, 7) is -0.0729. The Morgan fingerprint density at radius 1 is 1.39 bits per heavy atom. The van der Waals surface area contributed by atoms with E-state index in [0.29, 0.717) is 5.75 Å². The van der Waals surface area contributed by atoms with E-state index in [0.717, 1.165) is 0 Å². The molecule has 1 aromatic rings. The monoisotopic (exact) mass is 247 g/mol. The summed E-state index contributed by atoms with van der Waals surface area (Å²) in [5, 5.41) is 2.45. The van der Waals surface area contributed by atoms with Crippen LogP contribution in [0.15, 0.2) is 24.3 Å². The zero-order valence-electron chi connectivity index (χ0n) is 9.93. The summed E-state index contributed by atoms with van der Waals surface area (Å²) in [4.78, 5) is 22.7. The third-order valence-corrected chi connectivity index (χ3v) is 2.04. The van der Waals surface area contributed by atoms with Crippen molar-refractivity contribution in [1.82, 2.24) is 5.32 Å². The predicted molar refractivity (Wildman–Crippen MR) is 65.1 cm³/mol. The van der Waals surface area contributed by atoms with Gasteiger partial charge in [0.15, 0.2) is 6.61 Å². The Labute approximate surface area is 105 Å². The van der Waals surface area contributed by atoms with Gasteiger partial charge in [-0.05, 0) is 12.1 Å². The van der Waals surface area contributed by atoms with E-state index in [9.17, 15) is 9.59 Å². The van der Waals surface area contributed by atoms with Gasteiger partial charge >= 0.3 is 5.97 Å². The molecule has 0 atom stereocenters. The zero-order valence-corrected chi connectivity index (χ0v) is 9.93. The quantitative estimate of drug-likeness (QED) is 0.611. The molecule has 1 aromatic carbocycles. The van der Waals surface area contributed by atoms with E-state index in [1.807, 2.05) is 0 Å². The fraction of sp³-hybridized carbons (Fsp3) is 0.231. The van der Waals surface area contributed by atoms with Crippen molar-refractivity contribution < 1.29 is 19.1 Å². The molecule has 0 aliphatic carbocycles. The van der Waals surface area contributed by atoms with Crippen molar-refractivity contribution in [2.24, 2.45) is 0 Å². The van der Waals surface area contributed by atoms with Crippen LogP contribution in [-0.4, -0.2) is 32.1 Å². The van der Waals surface area contributed by atoms with E-state index in [1.165, 1.54) is 7.11 Å². The predicted octanol–water partition coefficient (Wildman–Crippen LogP) is 0.601. The molecule has 0 bridgehead atoms. The summed E-state index contributed by atoms with van der Waals surface area (Å²) >= 11 is 0. The lowest BCUT2D eigenvalue weighted by Crippen LogP contribution is -2.29. The van der Waals surface area contributed by atoms with Crippen LogP contribution in [0.5, 0.6) is 5.75 Å². The maximum absolute atomic E-state index is 11.4. The second-order valence-corrected chi connectivity index (χ2v) is 3.26. The van der Waals surface area contributed by atoms with E-state index in [4.69, 9.17) is 11.2 Å². The van der Waals surface area contributed by atoms with Crippen LogP contribution in [-0.2, 0) is 9.53 Å². The van der Waals surface area contributed by atoms with Crippen molar-refractivity contribution in [2.45, 2.75) is 0 Å². The van der Waals surface area contributed by atoms with Crippen molar-refractivity contribution in [3.63, 3.8) is 0 Å². The Morgan fingerprint density at radius 2 is 2.11 bits per heavy atom. The van der Waals surface area contributed by atoms with Gasteiger partial charge in [-0.25, -0.2) is 4.79 Å². The number of hydrogen-bond acceptors (Lipinski definition) is 4. The van der Waals surface area contributed by atoms with E-state index in [2.05, 4.69) is 16.0 Å². The van der Waals surface area contributed by atoms with Crippen LogP contribution in [0.25, 0.3) is 0 Å². The number of methoxy groups -OCH3 is 1. The molecule has 5 heteroatoms. The summed E-state index contributed by atoms with van der Waals surface area (Å²) in [5.74, 6) is 1.69. The third kappa shape index (κ3) is 3.83. The highest BCUT2D eigenvalue weighted by molar-refractivity contribution is 5.92. The van der Waals surface area contributed by atoms with Gasteiger partial charge < -0.3 is 14.8 Å². The minimum Gasteiger partial charge on any atom is -0.483 e. The number of ether oxygens (including phenoxy) is 2. The molecule has 0 aromatic heterocycles. The SMILES string of the molecule is C#CCNC(=O)COc1ccccc1C(=O)OC. The highest BCUT2D eigenvalue weighted by atomic mass is 16.5. The Balaban J connectivity index is 2.65. The molecule has 0 spiro atoms. The van der Waals surface area contributed by atoms with Crippen molar-refractivity contribution in [3.05, 3.63) is 29.8 Å². The maximum Gasteiger partial charge on any atom is 0.341 e. The molecular weight excluding hydrogens is 234 g/mol. The Bertz CT molecular complexity index is 476. The molecule has 1 N–H and O–H groups in total. The molecule has 0 radical (unpaired) electrons. The first-order chi connectivity index (χ1) is 8.69. The van der Waals surface area contributed by atoms with Crippen LogP contribution in [0.3, 0.4) is 0 Å². The van der Waals surface area contributed by atoms with Crippen molar-refractivity contribution >= 4 is 11.9 Å². The molecule has 1 amide bonds. The van der Waals surface area contributed by atoms with Gasteiger partial charge in [0.05, 0.1) is 13.7 Å². The minimum atomic E-state index is -0.519. The Hall–Kier alpha value is -2.48. The van der Waals surface area contributed by atoms with Gasteiger partial charge in [0, 0.05) is 0 Å². The normalized spacial score (nSPS) is 9.11. The molecule has 5 nitrogen and oxygen atoms in total. The van der Waals surface area contributed by atoms with Crippen molar-refractivity contribution in [1.29, 1.82) is 0 Å². The van der Waals surface area contributed by atoms with Gasteiger partial charge in [0.1, 0.15) is 11.3 Å². The summed E-state index contributed by atoms with van der Waals surface area (Å²) in [7, 11) is 1.28. The average molecular weight is 247 g/mol. The number of terminal acetylenes is 1. The second kappa shape index (κ2) is 6.97. The van der Waals surface area contributed by atoms with Gasteiger partial charge in [-0.3, -0.25) is 4.79 Å². The van der Waals surface area contributed by atoms with Crippen LogP contribution >= 0.6 is 0 Å². The highest BCUT2D eigenvalue weighted by Gasteiger charge is 2.12. The summed E-state index contributed by atoms with van der Waals surface area (Å²) in [6, 6.07) is 6.51. The number of nitrogens with one attached hydrogen (secondary N) is 1. The molecule has 0 saturated heterocycles. The Kier molecular flexibility index (Phi) is 5.26. The number of benzene rings is 1. The molecule has 0 saturated carbocycles. The summed E-state index contributed by atoms with van der Waals surface area (Å²) < 4.78 is 9.84. The molecular formula is C13H13NO4. The summed E-state index contributed by atoms with van der Waals surface area (Å²) in [5.41, 5.74) is 0.268. The maximum atomic E-state index is 11.4. The molecule has 18 heavy (non-hydrogen) atoms. The van der Waals surface area contributed by atoms with Crippen molar-refractivity contribution in [3.8, 4) is 18.1 Å². The first-order valence-electron chi connectivity index (χ1n) is 5.19. The van der Waals surface area contributed by atoms with E-state index in [-0.39, 0.29) is 24.6 Å². The van der Waals surface area contributed by atoms with Gasteiger partial charge in [0.25, 0.3) is 5.91 Å². The van der Waals surface area contributed by atoms with E-state index >= 15 is 0 Å². The molecule has 94 valence electrons. The fourth-order valence-corrected chi connectivity index (χ4v) is 1.22. The number of esters is 1. The highest BCUT2D eigenvalue weighted by Crippen LogP contribution is 2.18. The molecule has 0 aliphatic rings. The fourth-order valence-electron chi connectivity index (χ4n) is 1.22. The van der Waals surface area contributed by atoms with Crippen LogP contribution < -0.4 is 10.1 Å². The number of amides is 1. The van der Waals surface area contributed by atoms with Gasteiger partial charge in [0.2, 0.25) is 0 Å². The minimum absolute atomic E-state index is 0.140. The average Bonchev–Trinajstić information content (AvgIpc) is 2.42. The standard InChI is InChI=1S/C13H13NO4/c1-3-8-14-12(15)9-18-11-7-5-4-6-10(11)13(16)17-2/h1,4-7H,8-9H2,2H3,(H,14,15). The number of carbonyl (C=O) groups excluding carboxylic acids is 2. The lowest BCUT2D eigenvalue weighted by molar-refractivity contribution is -0.122. The van der Waals surface area contributed by atoms with Crippen molar-refractivity contribution in [2.75, 3.05) is 20.3 Å². The van der Waals surface area contributed by atoms with E-state index in [1.54, 1.807) is 24.3 Å². The number of hydrogen-bond donors (Lipinski definition) is 1. The lowest BCUT2D eigenvalue weighted by Gasteiger charge is -2.09. The second-order valence-electron chi connectivity index (χ2n) is 3.26. The zero-order chi connectivity index (χ0) is 13.4. The molecule has 0 heterocycles. The summed E-state index contributed by atoms with van der Waals surface area (Å²) in [6.07, 6.45) is 5.00. The van der Waals surface area contributed by atoms with Crippen LogP contribution in [0.2, 0.25) is 0 Å². The number of carbonyl (C=O) groups is 2. The number of rotatable bonds is 5. The first kappa shape index (κ1) is 13.6. The molecule has 0 aliphatic heterocycles. The Morgan fingerprint density at radius 3 is 2.78 bits per heavy atom. The molecule has 1 rings (SSSR count). The smallest absolute Gasteiger partial charge is 0.341 e. The lowest BCUT2D eigenvalue weighted by atomic mass is 10.2. The van der Waals surface area contributed by atoms with Crippen LogP contribution in [0.4, 0.5) is 0 Å². The van der Waals surface area contributed by atoms with Crippen LogP contribution in [0, 0.1) is 12.3 Å². The largest absolute Gasteiger partial charge is 0.483 e. The van der Waals surface area contributed by atoms with Gasteiger partial charge in [-0.2, -0.15) is 0 Å². The molecule has 0 unspecified atom stereocenters. The molecule has 0 fully saturated rings. The van der Waals surface area contributed by atoms with Crippen LogP contribution in [0.1, 0.15) is 10.4 Å². The topological polar surface area (TPSA) is 64.6 Å². The van der Waals surface area contributed by atoms with Gasteiger partial charge in [-0.1, -0.05) is 18.1 Å². The van der Waals surface area contributed by atoms with Gasteiger partial charge in [-0.15, -0.1) is 6.42 Å². The first-order valence-corrected chi connectivity index (χ1v) is 5.19.